The first-order chi connectivity index (χ1) is 15.8. The topological polar surface area (TPSA) is 136 Å². The van der Waals surface area contributed by atoms with Gasteiger partial charge in [-0.05, 0) is 70.9 Å². The second-order valence-electron chi connectivity index (χ2n) is 9.19. The number of pyridine rings is 1. The molecule has 0 aliphatic heterocycles. The first kappa shape index (κ1) is 20.8. The molecule has 0 bridgehead atoms. The van der Waals surface area contributed by atoms with Crippen LogP contribution >= 0.6 is 15.9 Å². The van der Waals surface area contributed by atoms with Crippen LogP contribution in [0.4, 0.5) is 16.0 Å². The van der Waals surface area contributed by atoms with Gasteiger partial charge in [0.2, 0.25) is 0 Å². The highest BCUT2D eigenvalue weighted by atomic mass is 79.9. The summed E-state index contributed by atoms with van der Waals surface area (Å²) in [6, 6.07) is 6.50. The number of benzene rings is 1. The third kappa shape index (κ3) is 2.97. The predicted molar refractivity (Wildman–Crippen MR) is 126 cm³/mol. The van der Waals surface area contributed by atoms with Gasteiger partial charge in [-0.15, -0.1) is 0 Å². The molecule has 170 valence electrons. The van der Waals surface area contributed by atoms with Crippen molar-refractivity contribution in [3.63, 3.8) is 0 Å². The fraction of sp³-hybridized carbons (Fsp3) is 0.348. The Morgan fingerprint density at radius 3 is 2.79 bits per heavy atom. The van der Waals surface area contributed by atoms with Gasteiger partial charge in [0.25, 0.3) is 0 Å². The minimum Gasteiger partial charge on any atom is -0.390 e. The van der Waals surface area contributed by atoms with Gasteiger partial charge in [-0.3, -0.25) is 0 Å². The lowest BCUT2D eigenvalue weighted by Crippen LogP contribution is -2.34. The molecule has 10 heteroatoms. The molecular weight excluding hydrogens is 491 g/mol. The molecule has 8 nitrogen and oxygen atoms in total. The summed E-state index contributed by atoms with van der Waals surface area (Å²) in [6.07, 6.45) is 3.40. The van der Waals surface area contributed by atoms with Crippen molar-refractivity contribution in [2.45, 2.75) is 37.5 Å². The van der Waals surface area contributed by atoms with Gasteiger partial charge in [0.1, 0.15) is 35.5 Å². The van der Waals surface area contributed by atoms with Crippen LogP contribution in [0.3, 0.4) is 0 Å². The Morgan fingerprint density at radius 2 is 1.97 bits per heavy atom. The number of anilines is 2. The number of halogens is 2. The van der Waals surface area contributed by atoms with Crippen molar-refractivity contribution >= 4 is 49.5 Å². The number of fused-ring (bicyclic) bond motifs is 3. The summed E-state index contributed by atoms with van der Waals surface area (Å²) in [6.45, 7) is 0. The molecule has 0 saturated heterocycles. The number of aliphatic hydroxyl groups excluding tert-OH is 2. The highest BCUT2D eigenvalue weighted by Gasteiger charge is 2.70. The summed E-state index contributed by atoms with van der Waals surface area (Å²) in [7, 11) is 0. The second-order valence-corrected chi connectivity index (χ2v) is 10.0. The molecule has 0 radical (unpaired) electrons. The molecule has 0 spiro atoms. The van der Waals surface area contributed by atoms with Gasteiger partial charge in [0.05, 0.1) is 27.5 Å². The van der Waals surface area contributed by atoms with Crippen LogP contribution in [0.2, 0.25) is 0 Å². The summed E-state index contributed by atoms with van der Waals surface area (Å²) in [5.41, 5.74) is 13.3. The van der Waals surface area contributed by atoms with Crippen LogP contribution in [0.15, 0.2) is 41.3 Å². The smallest absolute Gasteiger partial charge is 0.145 e. The quantitative estimate of drug-likeness (QED) is 0.330. The maximum Gasteiger partial charge on any atom is 0.145 e. The zero-order chi connectivity index (χ0) is 23.1. The van der Waals surface area contributed by atoms with Crippen LogP contribution in [0.1, 0.15) is 24.4 Å². The van der Waals surface area contributed by atoms with Crippen molar-refractivity contribution in [1.29, 1.82) is 0 Å². The van der Waals surface area contributed by atoms with Crippen LogP contribution in [0.5, 0.6) is 0 Å². The summed E-state index contributed by atoms with van der Waals surface area (Å²) in [5, 5.41) is 23.1. The molecule has 4 aromatic rings. The van der Waals surface area contributed by atoms with Crippen molar-refractivity contribution in [2.75, 3.05) is 11.5 Å². The van der Waals surface area contributed by atoms with E-state index in [4.69, 9.17) is 11.5 Å². The van der Waals surface area contributed by atoms with E-state index >= 15 is 0 Å². The van der Waals surface area contributed by atoms with Crippen molar-refractivity contribution in [3.8, 4) is 0 Å². The average molecular weight is 513 g/mol. The van der Waals surface area contributed by atoms with Crippen molar-refractivity contribution < 1.29 is 14.6 Å². The molecular formula is C23H22BrFN6O2. The lowest BCUT2D eigenvalue weighted by Gasteiger charge is -2.24. The standard InChI is InChI=1S/C23H22BrFN6O2/c24-14-7-12-15(25)5-10(6-16(12)30-21(14)27)1-3-23-8-13(23)17(18(32)19(23)33)31-4-2-11-20(26)28-9-29-22(11)31/h2,4-7,9,13,17-19,32-33H,1,3,8H2,(H2,27,30)(H2,26,28,29)/t13-,17-,18+,19+,23-/m1/s1. The molecule has 2 fully saturated rings. The van der Waals surface area contributed by atoms with Crippen molar-refractivity contribution in [3.05, 3.63) is 52.6 Å². The number of hydrogen-bond acceptors (Lipinski definition) is 7. The third-order valence-electron chi connectivity index (χ3n) is 7.52. The number of rotatable bonds is 4. The fourth-order valence-corrected chi connectivity index (χ4v) is 6.06. The Morgan fingerprint density at radius 1 is 1.15 bits per heavy atom. The van der Waals surface area contributed by atoms with Crippen LogP contribution in [-0.4, -0.2) is 41.9 Å². The highest BCUT2D eigenvalue weighted by Crippen LogP contribution is 2.69. The van der Waals surface area contributed by atoms with Gasteiger partial charge in [-0.1, -0.05) is 0 Å². The number of aromatic nitrogens is 4. The Balaban J connectivity index is 1.28. The molecule has 33 heavy (non-hydrogen) atoms. The first-order valence-corrected chi connectivity index (χ1v) is 11.6. The Bertz CT molecular complexity index is 1430. The SMILES string of the molecule is Nc1nc2cc(CC[C@@]34C[C@@H]3[C@@H](n3ccc5c(N)ncnc53)[C@H](O)[C@@H]4O)cc(F)c2cc1Br. The number of nitrogen functional groups attached to an aromatic ring is 2. The van der Waals surface area contributed by atoms with Gasteiger partial charge in [0.15, 0.2) is 0 Å². The Labute approximate surface area is 196 Å². The third-order valence-corrected chi connectivity index (χ3v) is 8.15. The van der Waals surface area contributed by atoms with E-state index in [1.807, 2.05) is 22.9 Å². The first-order valence-electron chi connectivity index (χ1n) is 10.8. The molecule has 3 heterocycles. The zero-order valence-electron chi connectivity index (χ0n) is 17.5. The van der Waals surface area contributed by atoms with Crippen LogP contribution in [0, 0.1) is 17.2 Å². The van der Waals surface area contributed by atoms with E-state index in [0.29, 0.717) is 45.5 Å². The van der Waals surface area contributed by atoms with Gasteiger partial charge >= 0.3 is 0 Å². The Kier molecular flexibility index (Phi) is 4.46. The lowest BCUT2D eigenvalue weighted by molar-refractivity contribution is -0.0191. The summed E-state index contributed by atoms with van der Waals surface area (Å²) < 4.78 is 17.2. The van der Waals surface area contributed by atoms with E-state index in [-0.39, 0.29) is 17.8 Å². The maximum absolute atomic E-state index is 14.7. The molecule has 0 unspecified atom stereocenters. The van der Waals surface area contributed by atoms with Crippen molar-refractivity contribution in [2.24, 2.45) is 11.3 Å². The molecule has 3 aromatic heterocycles. The largest absolute Gasteiger partial charge is 0.390 e. The predicted octanol–water partition coefficient (Wildman–Crippen LogP) is 2.96. The summed E-state index contributed by atoms with van der Waals surface area (Å²) in [4.78, 5) is 12.7. The van der Waals surface area contributed by atoms with E-state index < -0.39 is 17.6 Å². The molecule has 6 rings (SSSR count). The molecule has 0 amide bonds. The molecule has 2 saturated carbocycles. The van der Waals surface area contributed by atoms with Gasteiger partial charge in [-0.2, -0.15) is 0 Å². The number of nitrogens with zero attached hydrogens (tertiary/aromatic N) is 4. The highest BCUT2D eigenvalue weighted by molar-refractivity contribution is 9.10. The fourth-order valence-electron chi connectivity index (χ4n) is 5.74. The molecule has 2 aliphatic rings. The monoisotopic (exact) mass is 512 g/mol. The maximum atomic E-state index is 14.7. The van der Waals surface area contributed by atoms with Gasteiger partial charge in [-0.25, -0.2) is 19.3 Å². The number of hydrogen-bond donors (Lipinski definition) is 4. The molecule has 6 N–H and O–H groups in total. The summed E-state index contributed by atoms with van der Waals surface area (Å²) in [5.74, 6) is 0.416. The van der Waals surface area contributed by atoms with Crippen molar-refractivity contribution in [1.82, 2.24) is 19.5 Å². The van der Waals surface area contributed by atoms with Crippen LogP contribution in [0.25, 0.3) is 21.9 Å². The van der Waals surface area contributed by atoms with Crippen LogP contribution in [-0.2, 0) is 6.42 Å². The van der Waals surface area contributed by atoms with E-state index in [0.717, 1.165) is 17.4 Å². The minimum atomic E-state index is -0.928. The zero-order valence-corrected chi connectivity index (χ0v) is 19.1. The number of aryl methyl sites for hydroxylation is 1. The number of aliphatic hydroxyl groups is 2. The van der Waals surface area contributed by atoms with E-state index in [1.165, 1.54) is 12.4 Å². The molecule has 2 aliphatic carbocycles. The van der Waals surface area contributed by atoms with E-state index in [2.05, 4.69) is 30.9 Å². The van der Waals surface area contributed by atoms with E-state index in [1.54, 1.807) is 6.07 Å². The second kappa shape index (κ2) is 7.09. The van der Waals surface area contributed by atoms with E-state index in [9.17, 15) is 14.6 Å². The molecule has 5 atom stereocenters. The molecule has 1 aromatic carbocycles. The number of nitrogens with two attached hydrogens (primary N) is 2. The average Bonchev–Trinajstić information content (AvgIpc) is 3.27. The minimum absolute atomic E-state index is 0.0873. The lowest BCUT2D eigenvalue weighted by atomic mass is 9.91. The normalized spacial score (nSPS) is 28.5. The summed E-state index contributed by atoms with van der Waals surface area (Å²) >= 11 is 3.29. The van der Waals surface area contributed by atoms with Crippen LogP contribution < -0.4 is 11.5 Å². The van der Waals surface area contributed by atoms with Gasteiger partial charge < -0.3 is 26.2 Å². The Hall–Kier alpha value is -2.82. The van der Waals surface area contributed by atoms with Gasteiger partial charge in [0, 0.05) is 17.0 Å².